The molecule has 0 spiro atoms. The highest BCUT2D eigenvalue weighted by Crippen LogP contribution is 2.50. The number of rotatable bonds is 3. The van der Waals surface area contributed by atoms with Crippen molar-refractivity contribution in [1.29, 1.82) is 0 Å². The average Bonchev–Trinajstić information content (AvgIpc) is 3.53. The van der Waals surface area contributed by atoms with Gasteiger partial charge in [0.05, 0.1) is 29.6 Å². The predicted octanol–water partition coefficient (Wildman–Crippen LogP) is 5.15. The number of ether oxygens (including phenoxy) is 1. The number of alkyl halides is 3. The second-order valence-corrected chi connectivity index (χ2v) is 9.87. The highest BCUT2D eigenvalue weighted by atomic mass is 19.4. The standard InChI is InChI=1S/C14H14F3N3O.C11H16N2O/c1-7-19-12-11(13(21)20(7)2)10(3-4-18-12)8-5-9(6-8)14(15,16)17;1-2-6-14-11(3-1)9-7-12-13(8-9)10-4-5-10/h3-4,8-9H,5-6H2,1-2H3;7-8,10-11H,1-6H2. The molecule has 0 amide bonds. The number of halogens is 3. The van der Waals surface area contributed by atoms with Crippen LogP contribution in [0.25, 0.3) is 11.0 Å². The number of fused-ring (bicyclic) bond motifs is 1. The Kier molecular flexibility index (Phi) is 6.41. The SMILES string of the molecule is Cc1nc2nccc(C3CC(C(F)(F)F)C3)c2c(=O)n1C.c1nn(C2CC2)cc1C1CCCCO1. The van der Waals surface area contributed by atoms with Crippen molar-refractivity contribution in [2.45, 2.75) is 76.1 Å². The number of pyridine rings is 1. The van der Waals surface area contributed by atoms with Crippen LogP contribution in [-0.4, -0.2) is 37.1 Å². The van der Waals surface area contributed by atoms with Gasteiger partial charge in [0.2, 0.25) is 0 Å². The minimum atomic E-state index is -4.15. The third kappa shape index (κ3) is 4.98. The summed E-state index contributed by atoms with van der Waals surface area (Å²) >= 11 is 0. The van der Waals surface area contributed by atoms with E-state index in [2.05, 4.69) is 25.9 Å². The van der Waals surface area contributed by atoms with Crippen molar-refractivity contribution in [2.24, 2.45) is 13.0 Å². The van der Waals surface area contributed by atoms with Crippen molar-refractivity contribution in [3.8, 4) is 0 Å². The first-order valence-electron chi connectivity index (χ1n) is 12.3. The Morgan fingerprint density at radius 2 is 1.91 bits per heavy atom. The normalized spacial score (nSPS) is 24.5. The molecule has 0 aromatic carbocycles. The second kappa shape index (κ2) is 9.37. The Morgan fingerprint density at radius 1 is 1.14 bits per heavy atom. The molecule has 3 fully saturated rings. The zero-order valence-electron chi connectivity index (χ0n) is 20.0. The van der Waals surface area contributed by atoms with Crippen LogP contribution < -0.4 is 5.56 Å². The van der Waals surface area contributed by atoms with E-state index in [9.17, 15) is 18.0 Å². The molecule has 10 heteroatoms. The number of nitrogens with zero attached hydrogens (tertiary/aromatic N) is 5. The van der Waals surface area contributed by atoms with Gasteiger partial charge in [-0.1, -0.05) is 0 Å². The molecule has 7 nitrogen and oxygen atoms in total. The van der Waals surface area contributed by atoms with Gasteiger partial charge in [0.25, 0.3) is 5.56 Å². The molecule has 1 aliphatic heterocycles. The molecular formula is C25H30F3N5O2. The Balaban J connectivity index is 0.000000156. The summed E-state index contributed by atoms with van der Waals surface area (Å²) in [5.41, 5.74) is 1.96. The second-order valence-electron chi connectivity index (χ2n) is 9.87. The fourth-order valence-electron chi connectivity index (χ4n) is 4.85. The first-order valence-corrected chi connectivity index (χ1v) is 12.3. The van der Waals surface area contributed by atoms with Gasteiger partial charge in [-0.2, -0.15) is 18.3 Å². The van der Waals surface area contributed by atoms with Crippen molar-refractivity contribution in [3.05, 3.63) is 52.0 Å². The molecule has 1 atom stereocenters. The van der Waals surface area contributed by atoms with Crippen LogP contribution in [0.5, 0.6) is 0 Å². The van der Waals surface area contributed by atoms with E-state index in [1.165, 1.54) is 42.0 Å². The lowest BCUT2D eigenvalue weighted by Crippen LogP contribution is -2.35. The molecule has 0 radical (unpaired) electrons. The van der Waals surface area contributed by atoms with Gasteiger partial charge in [-0.15, -0.1) is 0 Å². The van der Waals surface area contributed by atoms with E-state index in [0.29, 0.717) is 34.6 Å². The van der Waals surface area contributed by atoms with Gasteiger partial charge in [-0.3, -0.25) is 14.0 Å². The highest BCUT2D eigenvalue weighted by molar-refractivity contribution is 5.78. The van der Waals surface area contributed by atoms with Crippen LogP contribution in [0.15, 0.2) is 29.5 Å². The number of aryl methyl sites for hydroxylation is 1. The summed E-state index contributed by atoms with van der Waals surface area (Å²) in [6.45, 7) is 2.61. The molecule has 2 aliphatic carbocycles. The molecule has 3 aliphatic rings. The van der Waals surface area contributed by atoms with Crippen LogP contribution >= 0.6 is 0 Å². The molecule has 0 bridgehead atoms. The molecule has 1 unspecified atom stereocenters. The van der Waals surface area contributed by atoms with E-state index in [1.807, 2.05) is 6.20 Å². The summed E-state index contributed by atoms with van der Waals surface area (Å²) in [5, 5.41) is 4.73. The van der Waals surface area contributed by atoms with E-state index in [4.69, 9.17) is 4.74 Å². The topological polar surface area (TPSA) is 74.8 Å². The third-order valence-corrected chi connectivity index (χ3v) is 7.37. The molecule has 3 aromatic heterocycles. The Hall–Kier alpha value is -2.75. The molecule has 3 aromatic rings. The molecule has 188 valence electrons. The molecule has 6 rings (SSSR count). The maximum absolute atomic E-state index is 12.6. The minimum Gasteiger partial charge on any atom is -0.373 e. The van der Waals surface area contributed by atoms with Gasteiger partial charge in [0, 0.05) is 31.6 Å². The van der Waals surface area contributed by atoms with Crippen molar-refractivity contribution in [3.63, 3.8) is 0 Å². The zero-order valence-corrected chi connectivity index (χ0v) is 20.0. The number of hydrogen-bond acceptors (Lipinski definition) is 5. The average molecular weight is 490 g/mol. The van der Waals surface area contributed by atoms with E-state index >= 15 is 0 Å². The number of hydrogen-bond donors (Lipinski definition) is 0. The monoisotopic (exact) mass is 489 g/mol. The minimum absolute atomic E-state index is 0.0274. The molecule has 1 saturated heterocycles. The van der Waals surface area contributed by atoms with Gasteiger partial charge < -0.3 is 4.74 Å². The van der Waals surface area contributed by atoms with Crippen molar-refractivity contribution < 1.29 is 17.9 Å². The van der Waals surface area contributed by atoms with Gasteiger partial charge in [-0.05, 0) is 69.4 Å². The molecular weight excluding hydrogens is 459 g/mol. The van der Waals surface area contributed by atoms with Gasteiger partial charge in [0.1, 0.15) is 5.82 Å². The van der Waals surface area contributed by atoms with Crippen molar-refractivity contribution >= 4 is 11.0 Å². The molecule has 4 heterocycles. The fraction of sp³-hybridized carbons (Fsp3) is 0.600. The van der Waals surface area contributed by atoms with Crippen LogP contribution in [0.4, 0.5) is 13.2 Å². The van der Waals surface area contributed by atoms with Crippen LogP contribution in [-0.2, 0) is 11.8 Å². The lowest BCUT2D eigenvalue weighted by atomic mass is 9.70. The van der Waals surface area contributed by atoms with Gasteiger partial charge in [-0.25, -0.2) is 9.97 Å². The fourth-order valence-corrected chi connectivity index (χ4v) is 4.85. The van der Waals surface area contributed by atoms with Crippen LogP contribution in [0.2, 0.25) is 0 Å². The Bertz CT molecular complexity index is 1250. The summed E-state index contributed by atoms with van der Waals surface area (Å²) in [6, 6.07) is 2.32. The van der Waals surface area contributed by atoms with Crippen LogP contribution in [0.3, 0.4) is 0 Å². The number of aromatic nitrogens is 5. The summed E-state index contributed by atoms with van der Waals surface area (Å²) in [7, 11) is 1.60. The molecule has 35 heavy (non-hydrogen) atoms. The quantitative estimate of drug-likeness (QED) is 0.509. The smallest absolute Gasteiger partial charge is 0.373 e. The third-order valence-electron chi connectivity index (χ3n) is 7.37. The zero-order chi connectivity index (χ0) is 24.7. The maximum atomic E-state index is 12.6. The predicted molar refractivity (Wildman–Crippen MR) is 124 cm³/mol. The first-order chi connectivity index (χ1) is 16.7. The summed E-state index contributed by atoms with van der Waals surface area (Å²) < 4.78 is 47.1. The first kappa shape index (κ1) is 24.0. The van der Waals surface area contributed by atoms with E-state index in [1.54, 1.807) is 20.0 Å². The maximum Gasteiger partial charge on any atom is 0.391 e. The van der Waals surface area contributed by atoms with Crippen molar-refractivity contribution in [1.82, 2.24) is 24.3 Å². The lowest BCUT2D eigenvalue weighted by molar-refractivity contribution is -0.197. The Labute approximate surface area is 201 Å². The van der Waals surface area contributed by atoms with E-state index < -0.39 is 12.1 Å². The lowest BCUT2D eigenvalue weighted by Gasteiger charge is -2.37. The van der Waals surface area contributed by atoms with E-state index in [-0.39, 0.29) is 24.3 Å². The van der Waals surface area contributed by atoms with Crippen LogP contribution in [0.1, 0.15) is 80.0 Å². The Morgan fingerprint density at radius 3 is 2.57 bits per heavy atom. The van der Waals surface area contributed by atoms with Gasteiger partial charge in [0.15, 0.2) is 5.65 Å². The largest absolute Gasteiger partial charge is 0.391 e. The van der Waals surface area contributed by atoms with Crippen molar-refractivity contribution in [2.75, 3.05) is 6.61 Å². The summed E-state index contributed by atoms with van der Waals surface area (Å²) in [6.07, 6.45) is 8.14. The van der Waals surface area contributed by atoms with Gasteiger partial charge >= 0.3 is 6.18 Å². The van der Waals surface area contributed by atoms with E-state index in [0.717, 1.165) is 13.0 Å². The summed E-state index contributed by atoms with van der Waals surface area (Å²) in [4.78, 5) is 20.7. The highest BCUT2D eigenvalue weighted by Gasteiger charge is 2.48. The molecule has 2 saturated carbocycles. The molecule has 0 N–H and O–H groups in total. The van der Waals surface area contributed by atoms with Crippen LogP contribution in [0, 0.1) is 12.8 Å². The summed E-state index contributed by atoms with van der Waals surface area (Å²) in [5.74, 6) is -0.994.